The number of hydrogen-bond acceptors (Lipinski definition) is 8. The molecule has 4 aromatic rings. The van der Waals surface area contributed by atoms with E-state index in [1.54, 1.807) is 16.8 Å². The Kier molecular flexibility index (Phi) is 4.58. The van der Waals surface area contributed by atoms with Gasteiger partial charge >= 0.3 is 5.69 Å². The normalized spacial score (nSPS) is 14.8. The third-order valence-corrected chi connectivity index (χ3v) is 5.42. The van der Waals surface area contributed by atoms with Gasteiger partial charge in [0, 0.05) is 12.0 Å². The van der Waals surface area contributed by atoms with Crippen LogP contribution in [0.1, 0.15) is 43.7 Å². The number of nitro groups is 1. The Hall–Kier alpha value is -3.82. The highest BCUT2D eigenvalue weighted by Gasteiger charge is 2.21. The highest BCUT2D eigenvalue weighted by Crippen LogP contribution is 2.34. The van der Waals surface area contributed by atoms with E-state index in [-0.39, 0.29) is 16.7 Å². The predicted octanol–water partition coefficient (Wildman–Crippen LogP) is 4.55. The molecule has 1 aliphatic carbocycles. The van der Waals surface area contributed by atoms with Gasteiger partial charge in [0.1, 0.15) is 5.75 Å². The lowest BCUT2D eigenvalue weighted by atomic mass is 9.87. The van der Waals surface area contributed by atoms with E-state index in [9.17, 15) is 10.1 Å². The number of benzene rings is 2. The van der Waals surface area contributed by atoms with Crippen molar-refractivity contribution in [3.8, 4) is 17.2 Å². The Labute approximate surface area is 170 Å². The highest BCUT2D eigenvalue weighted by molar-refractivity contribution is 5.88. The van der Waals surface area contributed by atoms with Crippen LogP contribution in [0.5, 0.6) is 11.5 Å². The van der Waals surface area contributed by atoms with Gasteiger partial charge in [0.05, 0.1) is 22.5 Å². The lowest BCUT2D eigenvalue weighted by Gasteiger charge is -2.18. The van der Waals surface area contributed by atoms with Crippen LogP contribution in [0.2, 0.25) is 0 Å². The molecule has 0 N–H and O–H groups in total. The van der Waals surface area contributed by atoms with Crippen LogP contribution in [-0.2, 0) is 0 Å². The van der Waals surface area contributed by atoms with Gasteiger partial charge in [0.15, 0.2) is 11.3 Å². The monoisotopic (exact) mass is 406 g/mol. The van der Waals surface area contributed by atoms with Gasteiger partial charge in [-0.1, -0.05) is 24.5 Å². The second-order valence-corrected chi connectivity index (χ2v) is 7.32. The summed E-state index contributed by atoms with van der Waals surface area (Å²) in [6.07, 6.45) is 8.14. The number of aromatic nitrogens is 5. The van der Waals surface area contributed by atoms with Gasteiger partial charge in [0.25, 0.3) is 0 Å². The van der Waals surface area contributed by atoms with Crippen molar-refractivity contribution < 1.29 is 14.3 Å². The van der Waals surface area contributed by atoms with Gasteiger partial charge in [-0.2, -0.15) is 0 Å². The first-order valence-corrected chi connectivity index (χ1v) is 9.79. The minimum absolute atomic E-state index is 0.0481. The molecule has 2 aromatic carbocycles. The van der Waals surface area contributed by atoms with Crippen molar-refractivity contribution in [2.24, 2.45) is 0 Å². The summed E-state index contributed by atoms with van der Waals surface area (Å²) in [6, 6.07) is 10.1. The molecule has 0 atom stereocenters. The summed E-state index contributed by atoms with van der Waals surface area (Å²) in [7, 11) is 0. The minimum Gasteiger partial charge on any atom is -0.455 e. The van der Waals surface area contributed by atoms with E-state index in [2.05, 4.69) is 25.3 Å². The van der Waals surface area contributed by atoms with Gasteiger partial charge in [-0.15, -0.1) is 5.10 Å². The maximum atomic E-state index is 11.1. The number of fused-ring (bicyclic) bond motifs is 1. The zero-order valence-corrected chi connectivity index (χ0v) is 16.0. The topological polar surface area (TPSA) is 122 Å². The van der Waals surface area contributed by atoms with Crippen molar-refractivity contribution in [3.63, 3.8) is 0 Å². The highest BCUT2D eigenvalue weighted by atomic mass is 16.6. The Morgan fingerprint density at radius 3 is 2.57 bits per heavy atom. The van der Waals surface area contributed by atoms with E-state index in [4.69, 9.17) is 4.74 Å². The van der Waals surface area contributed by atoms with Crippen LogP contribution in [-0.4, -0.2) is 30.2 Å². The number of ether oxygens (including phenoxy) is 1. The first-order valence-electron chi connectivity index (χ1n) is 9.79. The van der Waals surface area contributed by atoms with Crippen molar-refractivity contribution in [1.82, 2.24) is 25.3 Å². The van der Waals surface area contributed by atoms with Crippen LogP contribution in [0.15, 0.2) is 47.2 Å². The van der Waals surface area contributed by atoms with E-state index in [0.717, 1.165) is 11.4 Å². The number of non-ortho nitro benzene ring substituents is 1. The molecule has 0 bridgehead atoms. The van der Waals surface area contributed by atoms with E-state index < -0.39 is 4.92 Å². The van der Waals surface area contributed by atoms with Crippen molar-refractivity contribution in [2.45, 2.75) is 38.0 Å². The van der Waals surface area contributed by atoms with Gasteiger partial charge in [-0.05, 0) is 53.5 Å². The second-order valence-electron chi connectivity index (χ2n) is 7.32. The van der Waals surface area contributed by atoms with Crippen LogP contribution >= 0.6 is 0 Å². The molecule has 1 fully saturated rings. The molecule has 152 valence electrons. The van der Waals surface area contributed by atoms with E-state index in [1.807, 2.05) is 18.3 Å². The molecule has 0 amide bonds. The summed E-state index contributed by atoms with van der Waals surface area (Å²) in [6.45, 7) is 0. The maximum Gasteiger partial charge on any atom is 0.301 e. The van der Waals surface area contributed by atoms with Crippen molar-refractivity contribution in [3.05, 3.63) is 58.4 Å². The summed E-state index contributed by atoms with van der Waals surface area (Å²) in [5.74, 6) is 1.37. The molecule has 0 saturated heterocycles. The lowest BCUT2D eigenvalue weighted by Crippen LogP contribution is -2.04. The van der Waals surface area contributed by atoms with Crippen molar-refractivity contribution in [1.29, 1.82) is 0 Å². The SMILES string of the molecule is O=[N+]([O-])c1ccc(Oc2ccc(-n3cc(C4CCCCC4)nn3)cc2)c2nonc12. The van der Waals surface area contributed by atoms with Crippen molar-refractivity contribution in [2.75, 3.05) is 0 Å². The smallest absolute Gasteiger partial charge is 0.301 e. The molecule has 1 saturated carbocycles. The van der Waals surface area contributed by atoms with Crippen LogP contribution in [0.3, 0.4) is 0 Å². The lowest BCUT2D eigenvalue weighted by molar-refractivity contribution is -0.383. The fraction of sp³-hybridized carbons (Fsp3) is 0.300. The molecule has 0 aliphatic heterocycles. The van der Waals surface area contributed by atoms with Gasteiger partial charge in [0.2, 0.25) is 5.52 Å². The second kappa shape index (κ2) is 7.54. The average Bonchev–Trinajstić information content (AvgIpc) is 3.45. The molecular formula is C20H18N6O4. The summed E-state index contributed by atoms with van der Waals surface area (Å²) in [4.78, 5) is 10.6. The van der Waals surface area contributed by atoms with Crippen LogP contribution in [0.4, 0.5) is 5.69 Å². The van der Waals surface area contributed by atoms with Gasteiger partial charge in [-0.25, -0.2) is 9.31 Å². The summed E-state index contributed by atoms with van der Waals surface area (Å²) in [5.41, 5.74) is 1.97. The fourth-order valence-corrected chi connectivity index (χ4v) is 3.84. The largest absolute Gasteiger partial charge is 0.455 e. The Balaban J connectivity index is 1.35. The van der Waals surface area contributed by atoms with Crippen LogP contribution in [0, 0.1) is 10.1 Å². The predicted molar refractivity (Wildman–Crippen MR) is 106 cm³/mol. The van der Waals surface area contributed by atoms with Crippen molar-refractivity contribution >= 4 is 16.7 Å². The van der Waals surface area contributed by atoms with Crippen LogP contribution in [0.25, 0.3) is 16.7 Å². The summed E-state index contributed by atoms with van der Waals surface area (Å²) in [5, 5.41) is 27.1. The maximum absolute atomic E-state index is 11.1. The molecule has 5 rings (SSSR count). The third kappa shape index (κ3) is 3.36. The molecule has 2 aromatic heterocycles. The quantitative estimate of drug-likeness (QED) is 0.349. The van der Waals surface area contributed by atoms with Gasteiger partial charge < -0.3 is 4.74 Å². The molecule has 0 unspecified atom stereocenters. The number of nitrogens with zero attached hydrogens (tertiary/aromatic N) is 6. The zero-order chi connectivity index (χ0) is 20.5. The Morgan fingerprint density at radius 1 is 1.03 bits per heavy atom. The summed E-state index contributed by atoms with van der Waals surface area (Å²) < 4.78 is 12.3. The van der Waals surface area contributed by atoms with E-state index in [1.165, 1.54) is 44.2 Å². The van der Waals surface area contributed by atoms with E-state index in [0.29, 0.717) is 17.4 Å². The van der Waals surface area contributed by atoms with Gasteiger partial charge in [-0.3, -0.25) is 10.1 Å². The first kappa shape index (κ1) is 18.2. The minimum atomic E-state index is -0.537. The molecule has 30 heavy (non-hydrogen) atoms. The third-order valence-electron chi connectivity index (χ3n) is 5.42. The molecule has 10 heteroatoms. The Bertz CT molecular complexity index is 1190. The first-order chi connectivity index (χ1) is 14.7. The number of hydrogen-bond donors (Lipinski definition) is 0. The summed E-state index contributed by atoms with van der Waals surface area (Å²) >= 11 is 0. The van der Waals surface area contributed by atoms with Crippen LogP contribution < -0.4 is 4.74 Å². The average molecular weight is 406 g/mol. The standard InChI is InChI=1S/C20H18N6O4/c27-26(28)17-10-11-18(20-19(17)22-30-23-20)29-15-8-6-14(7-9-15)25-12-16(21-24-25)13-4-2-1-3-5-13/h6-13H,1-5H2. The molecule has 0 radical (unpaired) electrons. The molecule has 0 spiro atoms. The molecule has 2 heterocycles. The Morgan fingerprint density at radius 2 is 1.80 bits per heavy atom. The molecule has 10 nitrogen and oxygen atoms in total. The number of nitro benzene ring substituents is 1. The number of rotatable bonds is 5. The fourth-order valence-electron chi connectivity index (χ4n) is 3.84. The van der Waals surface area contributed by atoms with E-state index >= 15 is 0 Å². The molecule has 1 aliphatic rings. The molecular weight excluding hydrogens is 388 g/mol. The zero-order valence-electron chi connectivity index (χ0n) is 16.0.